The van der Waals surface area contributed by atoms with Crippen molar-refractivity contribution in [2.75, 3.05) is 18.4 Å². The Bertz CT molecular complexity index is 331. The van der Waals surface area contributed by atoms with Gasteiger partial charge >= 0.3 is 0 Å². The Hall–Kier alpha value is 0.0700. The summed E-state index contributed by atoms with van der Waals surface area (Å²) in [7, 11) is 0. The number of rotatable bonds is 3. The lowest BCUT2D eigenvalue weighted by molar-refractivity contribution is 0.179. The van der Waals surface area contributed by atoms with Gasteiger partial charge in [0.15, 0.2) is 0 Å². The number of hydrogen-bond donors (Lipinski definition) is 0. The number of nitrogens with zero attached hydrogens (tertiary/aromatic N) is 2. The molecule has 1 aliphatic heterocycles. The molecule has 1 atom stereocenters. The minimum Gasteiger partial charge on any atom is -0.296 e. The van der Waals surface area contributed by atoms with Gasteiger partial charge in [0.25, 0.3) is 0 Å². The number of thiazole rings is 1. The molecule has 0 amide bonds. The Labute approximate surface area is 110 Å². The molecule has 1 unspecified atom stereocenters. The van der Waals surface area contributed by atoms with Crippen molar-refractivity contribution in [2.24, 2.45) is 5.92 Å². The molecule has 0 saturated carbocycles. The number of hydrogen-bond acceptors (Lipinski definition) is 3. The Morgan fingerprint density at radius 3 is 2.94 bits per heavy atom. The van der Waals surface area contributed by atoms with Gasteiger partial charge in [0.05, 0.1) is 12.2 Å². The highest BCUT2D eigenvalue weighted by molar-refractivity contribution is 9.09. The van der Waals surface area contributed by atoms with Crippen molar-refractivity contribution in [3.63, 3.8) is 0 Å². The summed E-state index contributed by atoms with van der Waals surface area (Å²) >= 11 is 5.45. The fourth-order valence-corrected chi connectivity index (χ4v) is 3.72. The quantitative estimate of drug-likeness (QED) is 0.796. The summed E-state index contributed by atoms with van der Waals surface area (Å²) in [5.41, 5.74) is 1.20. The fourth-order valence-electron chi connectivity index (χ4n) is 2.22. The second-order valence-corrected chi connectivity index (χ2v) is 6.58. The summed E-state index contributed by atoms with van der Waals surface area (Å²) in [5.74, 6) is 0.830. The molecule has 0 N–H and O–H groups in total. The smallest absolute Gasteiger partial charge is 0.107 e. The lowest BCUT2D eigenvalue weighted by Gasteiger charge is -2.31. The molecule has 1 saturated heterocycles. The molecule has 4 heteroatoms. The van der Waals surface area contributed by atoms with Crippen LogP contribution in [0.1, 0.15) is 28.4 Å². The van der Waals surface area contributed by atoms with E-state index < -0.39 is 0 Å². The highest BCUT2D eigenvalue weighted by Gasteiger charge is 2.19. The molecule has 0 spiro atoms. The van der Waals surface area contributed by atoms with Gasteiger partial charge in [0, 0.05) is 16.8 Å². The number of aromatic nitrogens is 1. The maximum atomic E-state index is 4.62. The molecule has 0 aromatic carbocycles. The number of likely N-dealkylation sites (tertiary alicyclic amines) is 1. The van der Waals surface area contributed by atoms with E-state index in [0.29, 0.717) is 0 Å². The molecular weight excluding hydrogens is 284 g/mol. The molecule has 1 aliphatic rings. The Balaban J connectivity index is 1.93. The van der Waals surface area contributed by atoms with Crippen LogP contribution in [0.25, 0.3) is 0 Å². The molecule has 90 valence electrons. The van der Waals surface area contributed by atoms with Crippen LogP contribution in [0.4, 0.5) is 0 Å². The van der Waals surface area contributed by atoms with Crippen molar-refractivity contribution in [3.05, 3.63) is 15.6 Å². The van der Waals surface area contributed by atoms with Gasteiger partial charge in [0.2, 0.25) is 0 Å². The third kappa shape index (κ3) is 3.05. The Morgan fingerprint density at radius 2 is 2.31 bits per heavy atom. The van der Waals surface area contributed by atoms with E-state index in [9.17, 15) is 0 Å². The van der Waals surface area contributed by atoms with Crippen LogP contribution in [0.3, 0.4) is 0 Å². The van der Waals surface area contributed by atoms with Crippen LogP contribution >= 0.6 is 27.3 Å². The Kier molecular flexibility index (Phi) is 4.39. The standard InChI is InChI=1S/C12H19BrN2S/c1-9-10(2)16-12(14-9)8-15-5-3-4-11(6-13)7-15/h11H,3-8H2,1-2H3. The summed E-state index contributed by atoms with van der Waals surface area (Å²) in [4.78, 5) is 8.53. The van der Waals surface area contributed by atoms with Crippen molar-refractivity contribution >= 4 is 27.3 Å². The molecule has 2 heterocycles. The monoisotopic (exact) mass is 302 g/mol. The molecule has 2 rings (SSSR count). The summed E-state index contributed by atoms with van der Waals surface area (Å²) in [6.45, 7) is 7.77. The third-order valence-electron chi connectivity index (χ3n) is 3.25. The van der Waals surface area contributed by atoms with E-state index in [4.69, 9.17) is 0 Å². The third-order valence-corrected chi connectivity index (χ3v) is 5.23. The maximum Gasteiger partial charge on any atom is 0.107 e. The molecular formula is C12H19BrN2S. The minimum atomic E-state index is 0.830. The predicted molar refractivity (Wildman–Crippen MR) is 73.4 cm³/mol. The van der Waals surface area contributed by atoms with Crippen LogP contribution in [-0.4, -0.2) is 28.3 Å². The van der Waals surface area contributed by atoms with Crippen LogP contribution in [0.2, 0.25) is 0 Å². The average molecular weight is 303 g/mol. The predicted octanol–water partition coefficient (Wildman–Crippen LogP) is 3.37. The first-order chi connectivity index (χ1) is 7.69. The van der Waals surface area contributed by atoms with Gasteiger partial charge in [-0.3, -0.25) is 4.90 Å². The molecule has 0 aliphatic carbocycles. The summed E-state index contributed by atoms with van der Waals surface area (Å²) in [6.07, 6.45) is 2.71. The van der Waals surface area contributed by atoms with Gasteiger partial charge in [-0.15, -0.1) is 11.3 Å². The summed E-state index contributed by atoms with van der Waals surface area (Å²) in [5, 5.41) is 2.42. The molecule has 0 bridgehead atoms. The lowest BCUT2D eigenvalue weighted by Crippen LogP contribution is -2.35. The summed E-state index contributed by atoms with van der Waals surface area (Å²) in [6, 6.07) is 0. The summed E-state index contributed by atoms with van der Waals surface area (Å²) < 4.78 is 0. The first-order valence-electron chi connectivity index (χ1n) is 5.90. The van der Waals surface area contributed by atoms with E-state index in [1.807, 2.05) is 11.3 Å². The van der Waals surface area contributed by atoms with Crippen molar-refractivity contribution in [1.29, 1.82) is 0 Å². The SMILES string of the molecule is Cc1nc(CN2CCCC(CBr)C2)sc1C. The molecule has 1 fully saturated rings. The largest absolute Gasteiger partial charge is 0.296 e. The van der Waals surface area contributed by atoms with Crippen LogP contribution in [-0.2, 0) is 6.54 Å². The van der Waals surface area contributed by atoms with E-state index in [-0.39, 0.29) is 0 Å². The van der Waals surface area contributed by atoms with Crippen LogP contribution in [0.15, 0.2) is 0 Å². The van der Waals surface area contributed by atoms with Gasteiger partial charge in [0.1, 0.15) is 5.01 Å². The molecule has 0 radical (unpaired) electrons. The second-order valence-electron chi connectivity index (χ2n) is 4.65. The normalized spacial score (nSPS) is 22.6. The van der Waals surface area contributed by atoms with Gasteiger partial charge in [-0.2, -0.15) is 0 Å². The highest BCUT2D eigenvalue weighted by atomic mass is 79.9. The van der Waals surface area contributed by atoms with Crippen LogP contribution in [0.5, 0.6) is 0 Å². The van der Waals surface area contributed by atoms with Gasteiger partial charge < -0.3 is 0 Å². The minimum absolute atomic E-state index is 0.830. The van der Waals surface area contributed by atoms with Gasteiger partial charge in [-0.25, -0.2) is 4.98 Å². The molecule has 1 aromatic heterocycles. The molecule has 2 nitrogen and oxygen atoms in total. The van der Waals surface area contributed by atoms with Crippen LogP contribution in [0, 0.1) is 19.8 Å². The van der Waals surface area contributed by atoms with E-state index in [1.54, 1.807) is 0 Å². The molecule has 1 aromatic rings. The second kappa shape index (κ2) is 5.61. The average Bonchev–Trinajstić information content (AvgIpc) is 2.58. The van der Waals surface area contributed by atoms with Crippen molar-refractivity contribution in [1.82, 2.24) is 9.88 Å². The van der Waals surface area contributed by atoms with Gasteiger partial charge in [-0.05, 0) is 39.2 Å². The first-order valence-corrected chi connectivity index (χ1v) is 7.84. The van der Waals surface area contributed by atoms with Gasteiger partial charge in [-0.1, -0.05) is 15.9 Å². The fraction of sp³-hybridized carbons (Fsp3) is 0.750. The lowest BCUT2D eigenvalue weighted by atomic mass is 10.0. The van der Waals surface area contributed by atoms with Crippen molar-refractivity contribution < 1.29 is 0 Å². The zero-order chi connectivity index (χ0) is 11.5. The number of piperidine rings is 1. The van der Waals surface area contributed by atoms with E-state index in [0.717, 1.165) is 17.8 Å². The van der Waals surface area contributed by atoms with Crippen molar-refractivity contribution in [3.8, 4) is 0 Å². The Morgan fingerprint density at radius 1 is 1.50 bits per heavy atom. The maximum absolute atomic E-state index is 4.62. The van der Waals surface area contributed by atoms with Crippen LogP contribution < -0.4 is 0 Å². The zero-order valence-electron chi connectivity index (χ0n) is 10.0. The molecule has 16 heavy (non-hydrogen) atoms. The van der Waals surface area contributed by atoms with E-state index in [2.05, 4.69) is 39.7 Å². The van der Waals surface area contributed by atoms with E-state index in [1.165, 1.54) is 41.5 Å². The van der Waals surface area contributed by atoms with E-state index >= 15 is 0 Å². The number of halogens is 1. The van der Waals surface area contributed by atoms with Crippen molar-refractivity contribution in [2.45, 2.75) is 33.2 Å². The number of aryl methyl sites for hydroxylation is 2. The highest BCUT2D eigenvalue weighted by Crippen LogP contribution is 2.22. The first kappa shape index (κ1) is 12.5. The topological polar surface area (TPSA) is 16.1 Å². The zero-order valence-corrected chi connectivity index (χ0v) is 12.4. The number of alkyl halides is 1.